The van der Waals surface area contributed by atoms with Crippen LogP contribution in [0.4, 0.5) is 13.2 Å². The Bertz CT molecular complexity index is 324. The second-order valence-corrected chi connectivity index (χ2v) is 6.03. The summed E-state index contributed by atoms with van der Waals surface area (Å²) in [6, 6.07) is 0. The van der Waals surface area contributed by atoms with E-state index in [0.29, 0.717) is 32.6 Å². The summed E-state index contributed by atoms with van der Waals surface area (Å²) in [6.45, 7) is 5.35. The Morgan fingerprint density at radius 2 is 1.60 bits per heavy atom. The number of carboxylic acids is 1. The van der Waals surface area contributed by atoms with Gasteiger partial charge < -0.3 is 10.0 Å². The van der Waals surface area contributed by atoms with Crippen molar-refractivity contribution in [2.75, 3.05) is 39.3 Å². The molecule has 1 saturated heterocycles. The van der Waals surface area contributed by atoms with Gasteiger partial charge in [0.15, 0.2) is 0 Å². The van der Waals surface area contributed by atoms with Gasteiger partial charge in [-0.2, -0.15) is 13.2 Å². The zero-order valence-electron chi connectivity index (χ0n) is 12.0. The molecular weight excluding hydrogens is 273 g/mol. The molecule has 4 nitrogen and oxygen atoms in total. The standard InChI is InChI=1S/C13H23F3N2O2/c1-12(2,11(19)20)4-3-5-17-6-8-18(9-7-17)10-13(14,15)16/h3-10H2,1-2H3,(H,19,20). The van der Waals surface area contributed by atoms with Crippen LogP contribution in [0.15, 0.2) is 0 Å². The molecule has 1 rings (SSSR count). The first-order valence-electron chi connectivity index (χ1n) is 6.85. The van der Waals surface area contributed by atoms with E-state index < -0.39 is 24.1 Å². The number of hydrogen-bond acceptors (Lipinski definition) is 3. The lowest BCUT2D eigenvalue weighted by Crippen LogP contribution is -2.49. The van der Waals surface area contributed by atoms with E-state index in [-0.39, 0.29) is 0 Å². The first kappa shape index (κ1) is 17.2. The summed E-state index contributed by atoms with van der Waals surface area (Å²) >= 11 is 0. The maximum Gasteiger partial charge on any atom is 0.401 e. The van der Waals surface area contributed by atoms with Crippen LogP contribution in [0.5, 0.6) is 0 Å². The molecule has 20 heavy (non-hydrogen) atoms. The first-order chi connectivity index (χ1) is 9.10. The number of carboxylic acid groups (broad SMARTS) is 1. The van der Waals surface area contributed by atoms with E-state index in [0.717, 1.165) is 13.0 Å². The molecule has 1 heterocycles. The van der Waals surface area contributed by atoms with Crippen molar-refractivity contribution in [1.29, 1.82) is 0 Å². The Morgan fingerprint density at radius 3 is 2.05 bits per heavy atom. The number of aliphatic carboxylic acids is 1. The maximum absolute atomic E-state index is 12.2. The number of halogens is 3. The number of alkyl halides is 3. The van der Waals surface area contributed by atoms with Gasteiger partial charge in [0, 0.05) is 26.2 Å². The van der Waals surface area contributed by atoms with Crippen molar-refractivity contribution in [2.45, 2.75) is 32.9 Å². The molecule has 0 atom stereocenters. The van der Waals surface area contributed by atoms with Gasteiger partial charge in [-0.1, -0.05) is 0 Å². The molecule has 118 valence electrons. The Hall–Kier alpha value is -0.820. The fraction of sp³-hybridized carbons (Fsp3) is 0.923. The highest BCUT2D eigenvalue weighted by atomic mass is 19.4. The Kier molecular flexibility index (Phi) is 5.82. The predicted molar refractivity (Wildman–Crippen MR) is 69.6 cm³/mol. The summed E-state index contributed by atoms with van der Waals surface area (Å²) in [5, 5.41) is 8.99. The minimum absolute atomic E-state index is 0.418. The molecular formula is C13H23F3N2O2. The third-order valence-corrected chi connectivity index (χ3v) is 3.72. The van der Waals surface area contributed by atoms with Crippen LogP contribution in [-0.2, 0) is 4.79 Å². The van der Waals surface area contributed by atoms with Crippen LogP contribution in [0.1, 0.15) is 26.7 Å². The van der Waals surface area contributed by atoms with Gasteiger partial charge in [-0.15, -0.1) is 0 Å². The third kappa shape index (κ3) is 6.09. The lowest BCUT2D eigenvalue weighted by molar-refractivity contribution is -0.149. The molecule has 0 amide bonds. The third-order valence-electron chi connectivity index (χ3n) is 3.72. The highest BCUT2D eigenvalue weighted by molar-refractivity contribution is 5.73. The quantitative estimate of drug-likeness (QED) is 0.815. The molecule has 0 unspecified atom stereocenters. The van der Waals surface area contributed by atoms with Crippen LogP contribution in [0.2, 0.25) is 0 Å². The fourth-order valence-corrected chi connectivity index (χ4v) is 2.28. The molecule has 1 aliphatic rings. The molecule has 7 heteroatoms. The fourth-order valence-electron chi connectivity index (χ4n) is 2.28. The molecule has 0 aliphatic carbocycles. The van der Waals surface area contributed by atoms with Crippen molar-refractivity contribution in [3.05, 3.63) is 0 Å². The van der Waals surface area contributed by atoms with E-state index in [9.17, 15) is 18.0 Å². The largest absolute Gasteiger partial charge is 0.481 e. The van der Waals surface area contributed by atoms with Gasteiger partial charge in [0.1, 0.15) is 0 Å². The molecule has 0 bridgehead atoms. The van der Waals surface area contributed by atoms with E-state index in [1.165, 1.54) is 4.90 Å². The van der Waals surface area contributed by atoms with E-state index in [2.05, 4.69) is 4.90 Å². The van der Waals surface area contributed by atoms with E-state index in [1.54, 1.807) is 13.8 Å². The normalized spacial score (nSPS) is 19.2. The van der Waals surface area contributed by atoms with Gasteiger partial charge in [-0.3, -0.25) is 9.69 Å². The Morgan fingerprint density at radius 1 is 1.10 bits per heavy atom. The molecule has 0 spiro atoms. The van der Waals surface area contributed by atoms with Crippen molar-refractivity contribution in [2.24, 2.45) is 5.41 Å². The molecule has 1 fully saturated rings. The average molecular weight is 296 g/mol. The van der Waals surface area contributed by atoms with Gasteiger partial charge in [0.2, 0.25) is 0 Å². The van der Waals surface area contributed by atoms with E-state index in [4.69, 9.17) is 5.11 Å². The molecule has 0 aromatic carbocycles. The summed E-state index contributed by atoms with van der Waals surface area (Å²) < 4.78 is 36.7. The van der Waals surface area contributed by atoms with Crippen molar-refractivity contribution < 1.29 is 23.1 Å². The second-order valence-electron chi connectivity index (χ2n) is 6.03. The Balaban J connectivity index is 2.22. The van der Waals surface area contributed by atoms with Crippen LogP contribution >= 0.6 is 0 Å². The van der Waals surface area contributed by atoms with Gasteiger partial charge in [-0.05, 0) is 33.2 Å². The van der Waals surface area contributed by atoms with Gasteiger partial charge in [0.25, 0.3) is 0 Å². The van der Waals surface area contributed by atoms with Crippen molar-refractivity contribution in [3.8, 4) is 0 Å². The number of carbonyl (C=O) groups is 1. The molecule has 1 aliphatic heterocycles. The summed E-state index contributed by atoms with van der Waals surface area (Å²) in [6.07, 6.45) is -2.81. The molecule has 1 N–H and O–H groups in total. The van der Waals surface area contributed by atoms with E-state index >= 15 is 0 Å². The minimum Gasteiger partial charge on any atom is -0.481 e. The number of nitrogens with zero attached hydrogens (tertiary/aromatic N) is 2. The SMILES string of the molecule is CC(C)(CCCN1CCN(CC(F)(F)F)CC1)C(=O)O. The van der Waals surface area contributed by atoms with Crippen molar-refractivity contribution in [1.82, 2.24) is 9.80 Å². The van der Waals surface area contributed by atoms with Crippen LogP contribution in [0, 0.1) is 5.41 Å². The van der Waals surface area contributed by atoms with Crippen molar-refractivity contribution in [3.63, 3.8) is 0 Å². The molecule has 0 radical (unpaired) electrons. The Labute approximate surface area is 117 Å². The summed E-state index contributed by atoms with van der Waals surface area (Å²) in [5.74, 6) is -0.813. The lowest BCUT2D eigenvalue weighted by atomic mass is 9.88. The number of hydrogen-bond donors (Lipinski definition) is 1. The van der Waals surface area contributed by atoms with Gasteiger partial charge in [0.05, 0.1) is 12.0 Å². The zero-order chi connectivity index (χ0) is 15.4. The summed E-state index contributed by atoms with van der Waals surface area (Å²) in [5.41, 5.74) is -0.738. The molecule has 0 aromatic rings. The van der Waals surface area contributed by atoms with Crippen LogP contribution in [0.3, 0.4) is 0 Å². The first-order valence-corrected chi connectivity index (χ1v) is 6.85. The predicted octanol–water partition coefficient (Wildman–Crippen LogP) is 2.06. The number of piperazine rings is 1. The number of rotatable bonds is 6. The van der Waals surface area contributed by atoms with Crippen molar-refractivity contribution >= 4 is 5.97 Å². The van der Waals surface area contributed by atoms with Crippen LogP contribution in [0.25, 0.3) is 0 Å². The highest BCUT2D eigenvalue weighted by Crippen LogP contribution is 2.23. The monoisotopic (exact) mass is 296 g/mol. The minimum atomic E-state index is -4.13. The van der Waals surface area contributed by atoms with Gasteiger partial charge in [-0.25, -0.2) is 0 Å². The zero-order valence-corrected chi connectivity index (χ0v) is 12.0. The maximum atomic E-state index is 12.2. The molecule has 0 aromatic heterocycles. The average Bonchev–Trinajstić information content (AvgIpc) is 2.29. The molecule has 0 saturated carbocycles. The van der Waals surface area contributed by atoms with Crippen LogP contribution in [-0.4, -0.2) is 66.3 Å². The summed E-state index contributed by atoms with van der Waals surface area (Å²) in [4.78, 5) is 14.5. The lowest BCUT2D eigenvalue weighted by Gasteiger charge is -2.35. The highest BCUT2D eigenvalue weighted by Gasteiger charge is 2.32. The second kappa shape index (κ2) is 6.76. The van der Waals surface area contributed by atoms with Gasteiger partial charge >= 0.3 is 12.1 Å². The smallest absolute Gasteiger partial charge is 0.401 e. The summed E-state index contributed by atoms with van der Waals surface area (Å²) in [7, 11) is 0. The topological polar surface area (TPSA) is 43.8 Å². The van der Waals surface area contributed by atoms with Crippen LogP contribution < -0.4 is 0 Å². The van der Waals surface area contributed by atoms with E-state index in [1.807, 2.05) is 0 Å².